The number of amides is 3. The Kier molecular flexibility index (Phi) is 5.06. The number of hydrogen-bond donors (Lipinski definition) is 3. The van der Waals surface area contributed by atoms with Crippen LogP contribution in [-0.4, -0.2) is 11.9 Å². The summed E-state index contributed by atoms with van der Waals surface area (Å²) in [4.78, 5) is 23.6. The van der Waals surface area contributed by atoms with Gasteiger partial charge in [-0.3, -0.25) is 10.2 Å². The van der Waals surface area contributed by atoms with E-state index < -0.39 is 11.9 Å². The van der Waals surface area contributed by atoms with Crippen molar-refractivity contribution in [1.29, 1.82) is 0 Å². The lowest BCUT2D eigenvalue weighted by Gasteiger charge is -2.16. The van der Waals surface area contributed by atoms with Crippen molar-refractivity contribution in [3.05, 3.63) is 58.5 Å². The van der Waals surface area contributed by atoms with Gasteiger partial charge in [0, 0.05) is 5.02 Å². The fourth-order valence-electron chi connectivity index (χ4n) is 1.94. The van der Waals surface area contributed by atoms with E-state index in [-0.39, 0.29) is 6.04 Å². The second-order valence-electron chi connectivity index (χ2n) is 4.69. The Morgan fingerprint density at radius 1 is 1.18 bits per heavy atom. The standard InChI is InChI=1S/C15H16ClN3O3/c1-9(11-5-3-4-6-13(11)16)17-15(21)19-18-14(20)12-7-8-22-10(12)2/h3-9H,1-2H3,(H,18,20)(H2,17,19,21). The third kappa shape index (κ3) is 3.79. The van der Waals surface area contributed by atoms with Gasteiger partial charge in [-0.2, -0.15) is 0 Å². The molecule has 1 unspecified atom stereocenters. The van der Waals surface area contributed by atoms with E-state index in [1.165, 1.54) is 12.3 Å². The Morgan fingerprint density at radius 2 is 1.91 bits per heavy atom. The first-order chi connectivity index (χ1) is 10.5. The molecule has 0 spiro atoms. The van der Waals surface area contributed by atoms with Gasteiger partial charge in [-0.1, -0.05) is 29.8 Å². The van der Waals surface area contributed by atoms with E-state index in [0.29, 0.717) is 16.3 Å². The van der Waals surface area contributed by atoms with Crippen LogP contribution in [0.25, 0.3) is 0 Å². The Bertz CT molecular complexity index is 684. The number of furan rings is 1. The highest BCUT2D eigenvalue weighted by Gasteiger charge is 2.14. The van der Waals surface area contributed by atoms with E-state index in [1.807, 2.05) is 18.2 Å². The Morgan fingerprint density at radius 3 is 2.55 bits per heavy atom. The summed E-state index contributed by atoms with van der Waals surface area (Å²) in [6.45, 7) is 3.46. The van der Waals surface area contributed by atoms with Crippen LogP contribution in [0.15, 0.2) is 41.0 Å². The number of carbonyl (C=O) groups is 2. The fourth-order valence-corrected chi connectivity index (χ4v) is 2.24. The number of nitrogens with one attached hydrogen (secondary N) is 3. The van der Waals surface area contributed by atoms with E-state index in [4.69, 9.17) is 16.0 Å². The molecule has 0 saturated heterocycles. The van der Waals surface area contributed by atoms with Gasteiger partial charge in [0.15, 0.2) is 0 Å². The van der Waals surface area contributed by atoms with Crippen molar-refractivity contribution in [2.75, 3.05) is 0 Å². The topological polar surface area (TPSA) is 83.4 Å². The molecule has 3 N–H and O–H groups in total. The van der Waals surface area contributed by atoms with Gasteiger partial charge in [0.25, 0.3) is 5.91 Å². The van der Waals surface area contributed by atoms with Crippen LogP contribution in [-0.2, 0) is 0 Å². The van der Waals surface area contributed by atoms with E-state index in [2.05, 4.69) is 16.2 Å². The minimum Gasteiger partial charge on any atom is -0.469 e. The predicted molar refractivity (Wildman–Crippen MR) is 82.4 cm³/mol. The zero-order valence-corrected chi connectivity index (χ0v) is 12.9. The molecule has 0 saturated carbocycles. The summed E-state index contributed by atoms with van der Waals surface area (Å²) in [7, 11) is 0. The Balaban J connectivity index is 1.87. The monoisotopic (exact) mass is 321 g/mol. The summed E-state index contributed by atoms with van der Waals surface area (Å²) in [5.41, 5.74) is 5.74. The smallest absolute Gasteiger partial charge is 0.333 e. The highest BCUT2D eigenvalue weighted by molar-refractivity contribution is 6.31. The number of rotatable bonds is 3. The van der Waals surface area contributed by atoms with Gasteiger partial charge in [0.2, 0.25) is 0 Å². The maximum Gasteiger partial charge on any atom is 0.333 e. The first-order valence-corrected chi connectivity index (χ1v) is 7.02. The Labute approximate surface area is 132 Å². The molecule has 1 atom stereocenters. The van der Waals surface area contributed by atoms with Gasteiger partial charge in [0.1, 0.15) is 5.76 Å². The van der Waals surface area contributed by atoms with Crippen LogP contribution in [0.2, 0.25) is 5.02 Å². The van der Waals surface area contributed by atoms with Crippen molar-refractivity contribution >= 4 is 23.5 Å². The van der Waals surface area contributed by atoms with Crippen molar-refractivity contribution in [3.8, 4) is 0 Å². The quantitative estimate of drug-likeness (QED) is 0.760. The van der Waals surface area contributed by atoms with Crippen molar-refractivity contribution in [2.45, 2.75) is 19.9 Å². The molecular formula is C15H16ClN3O3. The van der Waals surface area contributed by atoms with Gasteiger partial charge >= 0.3 is 6.03 Å². The first kappa shape index (κ1) is 15.9. The van der Waals surface area contributed by atoms with Crippen LogP contribution < -0.4 is 16.2 Å². The average Bonchev–Trinajstić information content (AvgIpc) is 2.91. The van der Waals surface area contributed by atoms with Crippen LogP contribution in [0, 0.1) is 6.92 Å². The lowest BCUT2D eigenvalue weighted by atomic mass is 10.1. The van der Waals surface area contributed by atoms with Gasteiger partial charge in [-0.25, -0.2) is 10.2 Å². The fraction of sp³-hybridized carbons (Fsp3) is 0.200. The summed E-state index contributed by atoms with van der Waals surface area (Å²) in [6, 6.07) is 7.89. The van der Waals surface area contributed by atoms with Crippen LogP contribution in [0.1, 0.15) is 34.6 Å². The molecule has 7 heteroatoms. The molecule has 0 fully saturated rings. The third-order valence-corrected chi connectivity index (χ3v) is 3.46. The van der Waals surface area contributed by atoms with Crippen LogP contribution >= 0.6 is 11.6 Å². The number of carbonyl (C=O) groups excluding carboxylic acids is 2. The van der Waals surface area contributed by atoms with E-state index in [0.717, 1.165) is 5.56 Å². The van der Waals surface area contributed by atoms with Gasteiger partial charge in [-0.05, 0) is 31.5 Å². The zero-order valence-electron chi connectivity index (χ0n) is 12.1. The van der Waals surface area contributed by atoms with E-state index in [9.17, 15) is 9.59 Å². The summed E-state index contributed by atoms with van der Waals surface area (Å²) in [5.74, 6) is 0.0240. The molecule has 0 aliphatic rings. The molecule has 0 aliphatic heterocycles. The lowest BCUT2D eigenvalue weighted by molar-refractivity contribution is 0.0934. The molecule has 2 aromatic rings. The SMILES string of the molecule is Cc1occc1C(=O)NNC(=O)NC(C)c1ccccc1Cl. The number of urea groups is 1. The summed E-state index contributed by atoms with van der Waals surface area (Å²) >= 11 is 6.06. The largest absolute Gasteiger partial charge is 0.469 e. The minimum atomic E-state index is -0.540. The number of halogens is 1. The van der Waals surface area contributed by atoms with Crippen LogP contribution in [0.3, 0.4) is 0 Å². The summed E-state index contributed by atoms with van der Waals surface area (Å²) in [6.07, 6.45) is 1.41. The van der Waals surface area contributed by atoms with Gasteiger partial charge in [-0.15, -0.1) is 0 Å². The van der Waals surface area contributed by atoms with E-state index >= 15 is 0 Å². The van der Waals surface area contributed by atoms with Gasteiger partial charge < -0.3 is 9.73 Å². The molecule has 1 aromatic heterocycles. The molecule has 2 rings (SSSR count). The van der Waals surface area contributed by atoms with Crippen molar-refractivity contribution in [3.63, 3.8) is 0 Å². The molecule has 116 valence electrons. The molecule has 22 heavy (non-hydrogen) atoms. The number of benzene rings is 1. The molecule has 0 aliphatic carbocycles. The minimum absolute atomic E-state index is 0.304. The predicted octanol–water partition coefficient (Wildman–Crippen LogP) is 2.95. The normalized spacial score (nSPS) is 11.6. The van der Waals surface area contributed by atoms with Crippen molar-refractivity contribution in [1.82, 2.24) is 16.2 Å². The molecule has 3 amide bonds. The number of aryl methyl sites for hydroxylation is 1. The first-order valence-electron chi connectivity index (χ1n) is 6.64. The molecular weight excluding hydrogens is 306 g/mol. The molecule has 6 nitrogen and oxygen atoms in total. The molecule has 1 aromatic carbocycles. The second kappa shape index (κ2) is 7.00. The Hall–Kier alpha value is -2.47. The maximum atomic E-state index is 11.8. The molecule has 0 radical (unpaired) electrons. The van der Waals surface area contributed by atoms with Crippen molar-refractivity contribution < 1.29 is 14.0 Å². The summed E-state index contributed by atoms with van der Waals surface area (Å²) in [5, 5.41) is 3.24. The number of hydrazine groups is 1. The molecule has 1 heterocycles. The summed E-state index contributed by atoms with van der Waals surface area (Å²) < 4.78 is 5.02. The highest BCUT2D eigenvalue weighted by Crippen LogP contribution is 2.21. The van der Waals surface area contributed by atoms with Gasteiger partial charge in [0.05, 0.1) is 17.9 Å². The van der Waals surface area contributed by atoms with Crippen LogP contribution in [0.5, 0.6) is 0 Å². The van der Waals surface area contributed by atoms with Crippen molar-refractivity contribution in [2.24, 2.45) is 0 Å². The van der Waals surface area contributed by atoms with E-state index in [1.54, 1.807) is 19.9 Å². The highest BCUT2D eigenvalue weighted by atomic mass is 35.5. The zero-order chi connectivity index (χ0) is 16.1. The lowest BCUT2D eigenvalue weighted by Crippen LogP contribution is -2.47. The van der Waals surface area contributed by atoms with Crippen LogP contribution in [0.4, 0.5) is 4.79 Å². The maximum absolute atomic E-state index is 11.8. The average molecular weight is 322 g/mol. The third-order valence-electron chi connectivity index (χ3n) is 3.11. The number of hydrogen-bond acceptors (Lipinski definition) is 3. The molecule has 0 bridgehead atoms. The second-order valence-corrected chi connectivity index (χ2v) is 5.09.